The fourth-order valence-electron chi connectivity index (χ4n) is 2.81. The molecule has 0 aromatic carbocycles. The number of piperidine rings is 1. The van der Waals surface area contributed by atoms with Gasteiger partial charge in [-0.15, -0.1) is 11.3 Å². The van der Waals surface area contributed by atoms with E-state index in [9.17, 15) is 4.79 Å². The van der Waals surface area contributed by atoms with Crippen LogP contribution >= 0.6 is 11.3 Å². The van der Waals surface area contributed by atoms with Gasteiger partial charge < -0.3 is 15.3 Å². The quantitative estimate of drug-likeness (QED) is 0.873. The van der Waals surface area contributed by atoms with Crippen LogP contribution in [0.2, 0.25) is 0 Å². The minimum atomic E-state index is -0.807. The van der Waals surface area contributed by atoms with Gasteiger partial charge in [-0.05, 0) is 30.2 Å². The average Bonchev–Trinajstić information content (AvgIpc) is 2.95. The van der Waals surface area contributed by atoms with Gasteiger partial charge in [-0.2, -0.15) is 0 Å². The normalized spacial score (nSPS) is 19.0. The summed E-state index contributed by atoms with van der Waals surface area (Å²) in [6, 6.07) is 2.01. The van der Waals surface area contributed by atoms with Gasteiger partial charge in [0, 0.05) is 19.6 Å². The van der Waals surface area contributed by atoms with Crippen LogP contribution in [-0.4, -0.2) is 47.2 Å². The van der Waals surface area contributed by atoms with E-state index in [0.29, 0.717) is 5.92 Å². The molecule has 7 heteroatoms. The molecule has 3 heterocycles. The maximum absolute atomic E-state index is 10.6. The lowest BCUT2D eigenvalue weighted by Gasteiger charge is -2.33. The molecule has 3 rings (SSSR count). The van der Waals surface area contributed by atoms with E-state index >= 15 is 0 Å². The van der Waals surface area contributed by atoms with E-state index in [0.717, 1.165) is 48.5 Å². The highest BCUT2D eigenvalue weighted by molar-refractivity contribution is 7.17. The molecule has 2 aromatic heterocycles. The summed E-state index contributed by atoms with van der Waals surface area (Å²) in [5, 5.41) is 13.7. The highest BCUT2D eigenvalue weighted by atomic mass is 32.1. The molecule has 0 saturated carbocycles. The Morgan fingerprint density at radius 2 is 2.43 bits per heavy atom. The Labute approximate surface area is 126 Å². The molecule has 0 radical (unpaired) electrons. The number of anilines is 1. The minimum absolute atomic E-state index is 0.0270. The molecule has 6 nitrogen and oxygen atoms in total. The molecule has 2 aromatic rings. The van der Waals surface area contributed by atoms with E-state index < -0.39 is 5.97 Å². The zero-order chi connectivity index (χ0) is 14.7. The van der Waals surface area contributed by atoms with Crippen LogP contribution in [0.1, 0.15) is 12.8 Å². The molecule has 1 aliphatic heterocycles. The zero-order valence-electron chi connectivity index (χ0n) is 11.7. The second kappa shape index (κ2) is 6.36. The number of carbonyl (C=O) groups is 1. The number of thiophene rings is 1. The van der Waals surface area contributed by atoms with Gasteiger partial charge in [0.05, 0.1) is 16.8 Å². The van der Waals surface area contributed by atoms with Crippen molar-refractivity contribution in [1.82, 2.24) is 15.3 Å². The number of rotatable bonds is 5. The summed E-state index contributed by atoms with van der Waals surface area (Å²) in [4.78, 5) is 21.6. The van der Waals surface area contributed by atoms with E-state index in [-0.39, 0.29) is 6.54 Å². The summed E-state index contributed by atoms with van der Waals surface area (Å²) < 4.78 is 1.14. The molecule has 0 amide bonds. The molecule has 1 aliphatic rings. The van der Waals surface area contributed by atoms with E-state index in [1.807, 2.05) is 11.4 Å². The first kappa shape index (κ1) is 14.2. The molecule has 0 aliphatic carbocycles. The highest BCUT2D eigenvalue weighted by Gasteiger charge is 2.22. The summed E-state index contributed by atoms with van der Waals surface area (Å²) in [7, 11) is 0. The largest absolute Gasteiger partial charge is 0.480 e. The van der Waals surface area contributed by atoms with Crippen molar-refractivity contribution in [1.29, 1.82) is 0 Å². The van der Waals surface area contributed by atoms with Crippen LogP contribution in [0.15, 0.2) is 17.8 Å². The molecule has 1 saturated heterocycles. The molecule has 112 valence electrons. The average molecular weight is 306 g/mol. The molecular formula is C14H18N4O2S. The van der Waals surface area contributed by atoms with Crippen LogP contribution in [0.5, 0.6) is 0 Å². The summed E-state index contributed by atoms with van der Waals surface area (Å²) in [6.07, 6.45) is 3.86. The third kappa shape index (κ3) is 3.30. The second-order valence-corrected chi connectivity index (χ2v) is 6.23. The Kier molecular flexibility index (Phi) is 4.31. The van der Waals surface area contributed by atoms with Crippen molar-refractivity contribution in [2.24, 2.45) is 5.92 Å². The minimum Gasteiger partial charge on any atom is -0.480 e. The Hall–Kier alpha value is -1.73. The van der Waals surface area contributed by atoms with Crippen molar-refractivity contribution in [3.63, 3.8) is 0 Å². The van der Waals surface area contributed by atoms with Crippen molar-refractivity contribution in [2.45, 2.75) is 12.8 Å². The lowest BCUT2D eigenvalue weighted by atomic mass is 9.98. The number of aliphatic carboxylic acids is 1. The fourth-order valence-corrected chi connectivity index (χ4v) is 3.67. The lowest BCUT2D eigenvalue weighted by molar-refractivity contribution is -0.136. The molecule has 2 N–H and O–H groups in total. The van der Waals surface area contributed by atoms with Gasteiger partial charge in [0.1, 0.15) is 12.1 Å². The van der Waals surface area contributed by atoms with Crippen LogP contribution < -0.4 is 10.2 Å². The van der Waals surface area contributed by atoms with Gasteiger partial charge in [-0.3, -0.25) is 4.79 Å². The third-order valence-corrected chi connectivity index (χ3v) is 4.65. The van der Waals surface area contributed by atoms with Crippen molar-refractivity contribution in [2.75, 3.05) is 31.1 Å². The number of fused-ring (bicyclic) bond motifs is 1. The molecule has 1 fully saturated rings. The molecule has 21 heavy (non-hydrogen) atoms. The fraction of sp³-hybridized carbons (Fsp3) is 0.500. The third-order valence-electron chi connectivity index (χ3n) is 3.75. The van der Waals surface area contributed by atoms with Crippen molar-refractivity contribution in [3.8, 4) is 0 Å². The Balaban J connectivity index is 1.68. The van der Waals surface area contributed by atoms with Crippen molar-refractivity contribution < 1.29 is 9.90 Å². The Morgan fingerprint density at radius 3 is 3.29 bits per heavy atom. The van der Waals surface area contributed by atoms with E-state index in [2.05, 4.69) is 20.2 Å². The second-order valence-electron chi connectivity index (χ2n) is 5.31. The van der Waals surface area contributed by atoms with Crippen LogP contribution in [0.4, 0.5) is 5.82 Å². The number of aromatic nitrogens is 2. The van der Waals surface area contributed by atoms with Gasteiger partial charge in [0.2, 0.25) is 0 Å². The lowest BCUT2D eigenvalue weighted by Crippen LogP contribution is -2.41. The predicted molar refractivity (Wildman–Crippen MR) is 82.9 cm³/mol. The Morgan fingerprint density at radius 1 is 1.52 bits per heavy atom. The molecular weight excluding hydrogens is 288 g/mol. The monoisotopic (exact) mass is 306 g/mol. The topological polar surface area (TPSA) is 78.4 Å². The van der Waals surface area contributed by atoms with E-state index in [4.69, 9.17) is 5.11 Å². The van der Waals surface area contributed by atoms with Crippen LogP contribution in [0, 0.1) is 5.92 Å². The Bertz CT molecular complexity index is 630. The number of nitrogens with zero attached hydrogens (tertiary/aromatic N) is 3. The van der Waals surface area contributed by atoms with Gasteiger partial charge in [-0.25, -0.2) is 9.97 Å². The molecule has 0 bridgehead atoms. The zero-order valence-corrected chi connectivity index (χ0v) is 12.5. The standard InChI is InChI=1S/C14H18N4O2S/c19-12(20)7-15-6-10-2-1-4-18(8-10)14-13-11(3-5-21-13)16-9-17-14/h3,5,9-10,15H,1-2,4,6-8H2,(H,19,20). The summed E-state index contributed by atoms with van der Waals surface area (Å²) in [5.41, 5.74) is 0.996. The van der Waals surface area contributed by atoms with Crippen molar-refractivity contribution in [3.05, 3.63) is 17.8 Å². The first-order valence-electron chi connectivity index (χ1n) is 7.09. The van der Waals surface area contributed by atoms with E-state index in [1.54, 1.807) is 17.7 Å². The van der Waals surface area contributed by atoms with Crippen LogP contribution in [0.3, 0.4) is 0 Å². The number of nitrogens with one attached hydrogen (secondary N) is 1. The van der Waals surface area contributed by atoms with Crippen LogP contribution in [-0.2, 0) is 4.79 Å². The molecule has 0 spiro atoms. The first-order chi connectivity index (χ1) is 10.2. The van der Waals surface area contributed by atoms with E-state index in [1.165, 1.54) is 0 Å². The van der Waals surface area contributed by atoms with Gasteiger partial charge in [0.15, 0.2) is 0 Å². The number of carboxylic acid groups (broad SMARTS) is 1. The number of hydrogen-bond donors (Lipinski definition) is 2. The maximum Gasteiger partial charge on any atom is 0.317 e. The number of hydrogen-bond acceptors (Lipinski definition) is 6. The maximum atomic E-state index is 10.6. The predicted octanol–water partition coefficient (Wildman–Crippen LogP) is 1.58. The SMILES string of the molecule is O=C(O)CNCC1CCCN(c2ncnc3ccsc23)C1. The van der Waals surface area contributed by atoms with Crippen molar-refractivity contribution >= 4 is 33.3 Å². The highest BCUT2D eigenvalue weighted by Crippen LogP contribution is 2.30. The number of carboxylic acids is 1. The smallest absolute Gasteiger partial charge is 0.317 e. The first-order valence-corrected chi connectivity index (χ1v) is 7.97. The molecule has 1 atom stereocenters. The van der Waals surface area contributed by atoms with Gasteiger partial charge >= 0.3 is 5.97 Å². The van der Waals surface area contributed by atoms with Crippen LogP contribution in [0.25, 0.3) is 10.2 Å². The summed E-state index contributed by atoms with van der Waals surface area (Å²) >= 11 is 1.67. The van der Waals surface area contributed by atoms with Gasteiger partial charge in [-0.1, -0.05) is 0 Å². The molecule has 1 unspecified atom stereocenters. The summed E-state index contributed by atoms with van der Waals surface area (Å²) in [5.74, 6) is 0.666. The van der Waals surface area contributed by atoms with Gasteiger partial charge in [0.25, 0.3) is 0 Å². The summed E-state index contributed by atoms with van der Waals surface area (Å²) in [6.45, 7) is 2.68.